The minimum absolute atomic E-state index is 0.250. The molecule has 1 fully saturated rings. The topological polar surface area (TPSA) is 134 Å². The lowest BCUT2D eigenvalue weighted by molar-refractivity contribution is -0.122. The number of amides is 1. The second-order valence-corrected chi connectivity index (χ2v) is 8.38. The number of aromatic nitrogens is 3. The first-order valence-corrected chi connectivity index (χ1v) is 11.1. The predicted octanol–water partition coefficient (Wildman–Crippen LogP) is 1.66. The van der Waals surface area contributed by atoms with E-state index in [1.807, 2.05) is 44.2 Å². The van der Waals surface area contributed by atoms with Crippen LogP contribution in [0.15, 0.2) is 47.2 Å². The van der Waals surface area contributed by atoms with Gasteiger partial charge in [-0.15, -0.1) is 0 Å². The molecule has 0 aliphatic carbocycles. The van der Waals surface area contributed by atoms with Crippen LogP contribution in [-0.4, -0.2) is 67.9 Å². The Morgan fingerprint density at radius 3 is 2.59 bits per heavy atom. The minimum Gasteiger partial charge on any atom is -0.483 e. The highest BCUT2D eigenvalue weighted by Crippen LogP contribution is 2.34. The largest absolute Gasteiger partial charge is 0.483 e. The lowest BCUT2D eigenvalue weighted by Crippen LogP contribution is -2.62. The van der Waals surface area contributed by atoms with Crippen LogP contribution in [0.3, 0.4) is 0 Å². The molecule has 3 N–H and O–H groups in total. The van der Waals surface area contributed by atoms with Crippen LogP contribution in [0.4, 0.5) is 0 Å². The van der Waals surface area contributed by atoms with Crippen LogP contribution in [0, 0.1) is 13.8 Å². The first-order chi connectivity index (χ1) is 16.3. The highest BCUT2D eigenvalue weighted by Gasteiger charge is 2.45. The first kappa shape index (κ1) is 25.1. The van der Waals surface area contributed by atoms with E-state index in [2.05, 4.69) is 20.4 Å². The number of likely N-dealkylation sites (tertiary alicyclic amines) is 1. The van der Waals surface area contributed by atoms with E-state index in [0.29, 0.717) is 18.8 Å². The number of rotatable bonds is 6. The molecule has 1 amide bonds. The Morgan fingerprint density at radius 1 is 1.32 bits per heavy atom. The monoisotopic (exact) mass is 469 g/mol. The summed E-state index contributed by atoms with van der Waals surface area (Å²) < 4.78 is 6.94. The van der Waals surface area contributed by atoms with E-state index >= 15 is 0 Å². The molecule has 3 aromatic rings. The smallest absolute Gasteiger partial charge is 0.290 e. The van der Waals surface area contributed by atoms with Crippen LogP contribution >= 0.6 is 0 Å². The van der Waals surface area contributed by atoms with Gasteiger partial charge in [0.1, 0.15) is 5.76 Å². The fourth-order valence-electron chi connectivity index (χ4n) is 4.46. The predicted molar refractivity (Wildman–Crippen MR) is 124 cm³/mol. The van der Waals surface area contributed by atoms with Crippen molar-refractivity contribution in [3.63, 3.8) is 0 Å². The summed E-state index contributed by atoms with van der Waals surface area (Å²) >= 11 is 0. The van der Waals surface area contributed by atoms with E-state index < -0.39 is 11.6 Å². The van der Waals surface area contributed by atoms with Gasteiger partial charge in [0.2, 0.25) is 0 Å². The minimum atomic E-state index is -0.871. The second-order valence-electron chi connectivity index (χ2n) is 8.38. The van der Waals surface area contributed by atoms with Crippen molar-refractivity contribution in [2.24, 2.45) is 7.05 Å². The zero-order valence-electron chi connectivity index (χ0n) is 19.6. The van der Waals surface area contributed by atoms with Gasteiger partial charge in [0, 0.05) is 44.6 Å². The Labute approximate surface area is 198 Å². The van der Waals surface area contributed by atoms with Crippen molar-refractivity contribution in [2.45, 2.75) is 38.3 Å². The van der Waals surface area contributed by atoms with Gasteiger partial charge in [-0.2, -0.15) is 0 Å². The number of nitrogens with one attached hydrogen (secondary N) is 1. The molecule has 182 valence electrons. The third kappa shape index (κ3) is 5.35. The summed E-state index contributed by atoms with van der Waals surface area (Å²) in [6, 6.07) is 9.72. The number of nitrogens with zero attached hydrogens (tertiary/aromatic N) is 4. The fraction of sp³-hybridized carbons (Fsp3) is 0.417. The maximum absolute atomic E-state index is 13.0. The van der Waals surface area contributed by atoms with Crippen LogP contribution in [0.2, 0.25) is 0 Å². The summed E-state index contributed by atoms with van der Waals surface area (Å²) in [5.74, 6) is 0.874. The number of benzene rings is 1. The zero-order valence-corrected chi connectivity index (χ0v) is 19.6. The standard InChI is InChI=1S/C23H29N5O3.CH2O2/c1-16-19(17(2)31-26-16)9-12-28-13-10-23(20(29)15-28,18-7-5-4-6-8-18)25-22(30)21-24-11-14-27(21)3;2-1-3/h4-8,11,14,20,29H,9-10,12-13,15H2,1-3H3,(H,25,30);1H,(H,2,3)/t20-,23-;/m1./s1. The van der Waals surface area contributed by atoms with Gasteiger partial charge in [0.15, 0.2) is 5.82 Å². The lowest BCUT2D eigenvalue weighted by Gasteiger charge is -2.46. The molecule has 0 spiro atoms. The average Bonchev–Trinajstić information content (AvgIpc) is 3.40. The maximum atomic E-state index is 13.0. The molecular weight excluding hydrogens is 438 g/mol. The number of carboxylic acid groups (broad SMARTS) is 1. The van der Waals surface area contributed by atoms with E-state index in [9.17, 15) is 9.90 Å². The molecule has 2 aromatic heterocycles. The average molecular weight is 470 g/mol. The van der Waals surface area contributed by atoms with Crippen LogP contribution in [-0.2, 0) is 23.8 Å². The van der Waals surface area contributed by atoms with E-state index in [1.54, 1.807) is 24.0 Å². The molecule has 3 heterocycles. The summed E-state index contributed by atoms with van der Waals surface area (Å²) in [7, 11) is 1.78. The lowest BCUT2D eigenvalue weighted by atomic mass is 9.78. The van der Waals surface area contributed by atoms with Gasteiger partial charge in [0.25, 0.3) is 12.4 Å². The molecule has 10 heteroatoms. The van der Waals surface area contributed by atoms with Gasteiger partial charge in [-0.05, 0) is 32.3 Å². The molecule has 2 atom stereocenters. The van der Waals surface area contributed by atoms with Gasteiger partial charge in [-0.1, -0.05) is 35.5 Å². The normalized spacial score (nSPS) is 20.3. The highest BCUT2D eigenvalue weighted by molar-refractivity contribution is 5.91. The first-order valence-electron chi connectivity index (χ1n) is 11.1. The molecule has 4 rings (SSSR count). The fourth-order valence-corrected chi connectivity index (χ4v) is 4.46. The van der Waals surface area contributed by atoms with Gasteiger partial charge in [-0.3, -0.25) is 9.59 Å². The number of aliphatic hydroxyl groups is 1. The molecule has 0 saturated carbocycles. The third-order valence-electron chi connectivity index (χ3n) is 6.33. The van der Waals surface area contributed by atoms with Gasteiger partial charge < -0.3 is 29.5 Å². The van der Waals surface area contributed by atoms with E-state index in [1.165, 1.54) is 0 Å². The molecule has 10 nitrogen and oxygen atoms in total. The molecule has 0 unspecified atom stereocenters. The van der Waals surface area contributed by atoms with Gasteiger partial charge >= 0.3 is 0 Å². The number of aliphatic hydroxyl groups excluding tert-OH is 1. The van der Waals surface area contributed by atoms with E-state index in [0.717, 1.165) is 42.1 Å². The number of β-amino-alcohol motifs (C(OH)–C–C–N with tert-alkyl or cyclic N) is 1. The van der Waals surface area contributed by atoms with E-state index in [4.69, 9.17) is 14.4 Å². The highest BCUT2D eigenvalue weighted by atomic mass is 16.5. The third-order valence-corrected chi connectivity index (χ3v) is 6.33. The summed E-state index contributed by atoms with van der Waals surface area (Å²) in [5.41, 5.74) is 2.06. The van der Waals surface area contributed by atoms with Crippen molar-refractivity contribution in [1.29, 1.82) is 0 Å². The Hall–Kier alpha value is -3.50. The van der Waals surface area contributed by atoms with Crippen molar-refractivity contribution in [3.8, 4) is 0 Å². The molecule has 1 aliphatic heterocycles. The Bertz CT molecular complexity index is 1080. The van der Waals surface area contributed by atoms with Crippen LogP contribution < -0.4 is 5.32 Å². The number of aryl methyl sites for hydroxylation is 3. The van der Waals surface area contributed by atoms with Crippen molar-refractivity contribution >= 4 is 12.4 Å². The van der Waals surface area contributed by atoms with Crippen molar-refractivity contribution in [2.75, 3.05) is 19.6 Å². The SMILES string of the molecule is Cc1noc(C)c1CCN1CC[C@@](NC(=O)c2nccn2C)(c2ccccc2)[C@H](O)C1.O=CO. The number of hydrogen-bond donors (Lipinski definition) is 3. The van der Waals surface area contributed by atoms with Gasteiger partial charge in [-0.25, -0.2) is 4.98 Å². The van der Waals surface area contributed by atoms with Gasteiger partial charge in [0.05, 0.1) is 17.3 Å². The van der Waals surface area contributed by atoms with Crippen molar-refractivity contribution in [1.82, 2.24) is 24.9 Å². The van der Waals surface area contributed by atoms with E-state index in [-0.39, 0.29) is 12.4 Å². The number of hydrogen-bond acceptors (Lipinski definition) is 7. The summed E-state index contributed by atoms with van der Waals surface area (Å²) in [6.45, 7) is 5.62. The second kappa shape index (κ2) is 11.1. The molecule has 34 heavy (non-hydrogen) atoms. The Morgan fingerprint density at radius 2 is 2.03 bits per heavy atom. The summed E-state index contributed by atoms with van der Waals surface area (Å²) in [6.07, 6.45) is 3.97. The van der Waals surface area contributed by atoms with Crippen LogP contribution in [0.5, 0.6) is 0 Å². The molecular formula is C24H31N5O5. The maximum Gasteiger partial charge on any atom is 0.290 e. The summed E-state index contributed by atoms with van der Waals surface area (Å²) in [4.78, 5) is 27.8. The summed E-state index contributed by atoms with van der Waals surface area (Å²) in [5, 5.41) is 25.3. The zero-order chi connectivity index (χ0) is 24.7. The molecule has 1 aliphatic rings. The number of carbonyl (C=O) groups excluding carboxylic acids is 1. The van der Waals surface area contributed by atoms with Crippen LogP contribution in [0.1, 0.15) is 39.6 Å². The molecule has 0 radical (unpaired) electrons. The number of piperidine rings is 1. The number of carbonyl (C=O) groups is 2. The molecule has 0 bridgehead atoms. The number of imidazole rings is 1. The molecule has 1 aromatic carbocycles. The van der Waals surface area contributed by atoms with Crippen molar-refractivity contribution < 1.29 is 24.3 Å². The Balaban J connectivity index is 0.00000103. The Kier molecular flexibility index (Phi) is 8.19. The van der Waals surface area contributed by atoms with Crippen molar-refractivity contribution in [3.05, 3.63) is 71.1 Å². The van der Waals surface area contributed by atoms with Crippen LogP contribution in [0.25, 0.3) is 0 Å². The molecule has 1 saturated heterocycles. The quantitative estimate of drug-likeness (QED) is 0.464.